The van der Waals surface area contributed by atoms with Crippen molar-refractivity contribution in [1.82, 2.24) is 4.57 Å². The van der Waals surface area contributed by atoms with Crippen LogP contribution in [-0.2, 0) is 13.0 Å². The maximum absolute atomic E-state index is 12.3. The van der Waals surface area contributed by atoms with Gasteiger partial charge in [-0.15, -0.1) is 13.2 Å². The van der Waals surface area contributed by atoms with Crippen molar-refractivity contribution in [3.63, 3.8) is 0 Å². The Morgan fingerprint density at radius 2 is 1.96 bits per heavy atom. The molecule has 0 fully saturated rings. The molecule has 0 radical (unpaired) electrons. The number of aromatic nitrogens is 1. The van der Waals surface area contributed by atoms with E-state index in [1.807, 2.05) is 0 Å². The van der Waals surface area contributed by atoms with Gasteiger partial charge >= 0.3 is 6.36 Å². The highest BCUT2D eigenvalue weighted by Gasteiger charge is 2.31. The van der Waals surface area contributed by atoms with Crippen LogP contribution in [0.1, 0.15) is 11.1 Å². The third-order valence-corrected chi connectivity index (χ3v) is 3.32. The largest absolute Gasteiger partial charge is 0.573 e. The zero-order valence-corrected chi connectivity index (χ0v) is 12.7. The van der Waals surface area contributed by atoms with Crippen LogP contribution in [0.5, 0.6) is 11.5 Å². The second-order valence-electron chi connectivity index (χ2n) is 4.96. The van der Waals surface area contributed by atoms with Crippen LogP contribution >= 0.6 is 0 Å². The predicted molar refractivity (Wildman–Crippen MR) is 78.8 cm³/mol. The van der Waals surface area contributed by atoms with Gasteiger partial charge in [-0.25, -0.2) is 0 Å². The van der Waals surface area contributed by atoms with E-state index in [0.29, 0.717) is 29.8 Å². The number of ether oxygens (including phenoxy) is 2. The Hall–Kier alpha value is -2.44. The molecule has 1 aromatic heterocycles. The summed E-state index contributed by atoms with van der Waals surface area (Å²) in [7, 11) is 1.43. The maximum atomic E-state index is 12.3. The van der Waals surface area contributed by atoms with Gasteiger partial charge in [0.25, 0.3) is 5.56 Å². The standard InChI is InChI=1S/C16H16F3NO3/c1-11-4-3-8-20(15(11)21)9-7-12-10-13(23-16(17,18)19)5-6-14(12)22-2/h3-6,8,10H,7,9H2,1-2H3. The van der Waals surface area contributed by atoms with Gasteiger partial charge in [0.15, 0.2) is 0 Å². The van der Waals surface area contributed by atoms with Gasteiger partial charge in [-0.3, -0.25) is 4.79 Å². The second-order valence-corrected chi connectivity index (χ2v) is 4.96. The van der Waals surface area contributed by atoms with E-state index in [1.165, 1.54) is 29.9 Å². The summed E-state index contributed by atoms with van der Waals surface area (Å²) in [5.41, 5.74) is 1.01. The number of benzene rings is 1. The molecular weight excluding hydrogens is 311 g/mol. The fourth-order valence-corrected chi connectivity index (χ4v) is 2.22. The van der Waals surface area contributed by atoms with Crippen molar-refractivity contribution in [1.29, 1.82) is 0 Å². The van der Waals surface area contributed by atoms with Crippen molar-refractivity contribution in [3.8, 4) is 11.5 Å². The minimum atomic E-state index is -4.75. The normalized spacial score (nSPS) is 11.3. The monoisotopic (exact) mass is 327 g/mol. The number of hydrogen-bond donors (Lipinski definition) is 0. The fourth-order valence-electron chi connectivity index (χ4n) is 2.22. The molecule has 0 aliphatic heterocycles. The van der Waals surface area contributed by atoms with Crippen LogP contribution in [0.25, 0.3) is 0 Å². The Morgan fingerprint density at radius 3 is 2.61 bits per heavy atom. The highest BCUT2D eigenvalue weighted by atomic mass is 19.4. The molecule has 0 saturated carbocycles. The molecule has 23 heavy (non-hydrogen) atoms. The van der Waals surface area contributed by atoms with Crippen molar-refractivity contribution in [3.05, 3.63) is 58.0 Å². The van der Waals surface area contributed by atoms with Gasteiger partial charge in [0.05, 0.1) is 7.11 Å². The highest BCUT2D eigenvalue weighted by molar-refractivity contribution is 5.40. The number of aryl methyl sites for hydroxylation is 3. The average Bonchev–Trinajstić information content (AvgIpc) is 2.47. The van der Waals surface area contributed by atoms with Crippen LogP contribution in [0.2, 0.25) is 0 Å². The van der Waals surface area contributed by atoms with Crippen LogP contribution in [0.3, 0.4) is 0 Å². The summed E-state index contributed by atoms with van der Waals surface area (Å²) in [4.78, 5) is 12.0. The summed E-state index contributed by atoms with van der Waals surface area (Å²) < 4.78 is 47.5. The lowest BCUT2D eigenvalue weighted by molar-refractivity contribution is -0.274. The van der Waals surface area contributed by atoms with E-state index in [4.69, 9.17) is 4.74 Å². The van der Waals surface area contributed by atoms with Gasteiger partial charge in [-0.05, 0) is 43.2 Å². The molecular formula is C16H16F3NO3. The molecule has 0 N–H and O–H groups in total. The van der Waals surface area contributed by atoms with E-state index in [0.717, 1.165) is 0 Å². The van der Waals surface area contributed by atoms with Gasteiger partial charge in [-0.2, -0.15) is 0 Å². The maximum Gasteiger partial charge on any atom is 0.573 e. The summed E-state index contributed by atoms with van der Waals surface area (Å²) in [6.07, 6.45) is -2.78. The minimum absolute atomic E-state index is 0.130. The van der Waals surface area contributed by atoms with E-state index < -0.39 is 6.36 Å². The molecule has 0 spiro atoms. The van der Waals surface area contributed by atoms with E-state index in [2.05, 4.69) is 4.74 Å². The van der Waals surface area contributed by atoms with Crippen molar-refractivity contribution < 1.29 is 22.6 Å². The van der Waals surface area contributed by atoms with Crippen LogP contribution in [0.4, 0.5) is 13.2 Å². The molecule has 1 heterocycles. The second kappa shape index (κ2) is 6.76. The molecule has 0 aliphatic rings. The summed E-state index contributed by atoms with van der Waals surface area (Å²) >= 11 is 0. The van der Waals surface area contributed by atoms with Crippen molar-refractivity contribution in [2.24, 2.45) is 0 Å². The number of nitrogens with zero attached hydrogens (tertiary/aromatic N) is 1. The molecule has 2 rings (SSSR count). The van der Waals surface area contributed by atoms with Gasteiger partial charge < -0.3 is 14.0 Å². The van der Waals surface area contributed by atoms with Crippen LogP contribution in [0.15, 0.2) is 41.3 Å². The van der Waals surface area contributed by atoms with E-state index in [1.54, 1.807) is 25.3 Å². The van der Waals surface area contributed by atoms with Gasteiger partial charge in [0, 0.05) is 18.3 Å². The summed E-state index contributed by atoms with van der Waals surface area (Å²) in [5, 5.41) is 0. The zero-order chi connectivity index (χ0) is 17.0. The first kappa shape index (κ1) is 16.9. The Bertz CT molecular complexity index is 738. The molecule has 7 heteroatoms. The molecule has 1 aromatic carbocycles. The summed E-state index contributed by atoms with van der Waals surface area (Å²) in [6.45, 7) is 2.03. The molecule has 0 saturated heterocycles. The van der Waals surface area contributed by atoms with E-state index in [-0.39, 0.29) is 11.3 Å². The number of methoxy groups -OCH3 is 1. The zero-order valence-electron chi connectivity index (χ0n) is 12.7. The van der Waals surface area contributed by atoms with E-state index in [9.17, 15) is 18.0 Å². The van der Waals surface area contributed by atoms with Crippen molar-refractivity contribution >= 4 is 0 Å². The third kappa shape index (κ3) is 4.51. The smallest absolute Gasteiger partial charge is 0.496 e. The quantitative estimate of drug-likeness (QED) is 0.846. The van der Waals surface area contributed by atoms with Gasteiger partial charge in [0.1, 0.15) is 11.5 Å². The molecule has 2 aromatic rings. The lowest BCUT2D eigenvalue weighted by Gasteiger charge is -2.14. The first-order valence-corrected chi connectivity index (χ1v) is 6.89. The number of halogens is 3. The molecule has 4 nitrogen and oxygen atoms in total. The first-order chi connectivity index (χ1) is 10.8. The molecule has 0 atom stereocenters. The average molecular weight is 327 g/mol. The van der Waals surface area contributed by atoms with E-state index >= 15 is 0 Å². The SMILES string of the molecule is COc1ccc(OC(F)(F)F)cc1CCn1cccc(C)c1=O. The van der Waals surface area contributed by atoms with Crippen molar-refractivity contribution in [2.75, 3.05) is 7.11 Å². The first-order valence-electron chi connectivity index (χ1n) is 6.89. The summed E-state index contributed by atoms with van der Waals surface area (Å²) in [5.74, 6) is 0.130. The Balaban J connectivity index is 2.22. The third-order valence-electron chi connectivity index (χ3n) is 3.32. The lowest BCUT2D eigenvalue weighted by atomic mass is 10.1. The topological polar surface area (TPSA) is 40.5 Å². The summed E-state index contributed by atoms with van der Waals surface area (Å²) in [6, 6.07) is 7.33. The van der Waals surface area contributed by atoms with Crippen LogP contribution in [-0.4, -0.2) is 18.0 Å². The Labute approximate surface area is 131 Å². The number of alkyl halides is 3. The lowest BCUT2D eigenvalue weighted by Crippen LogP contribution is -2.22. The van der Waals surface area contributed by atoms with Gasteiger partial charge in [0.2, 0.25) is 0 Å². The number of hydrogen-bond acceptors (Lipinski definition) is 3. The van der Waals surface area contributed by atoms with Gasteiger partial charge in [-0.1, -0.05) is 6.07 Å². The van der Waals surface area contributed by atoms with Crippen LogP contribution in [0, 0.1) is 6.92 Å². The van der Waals surface area contributed by atoms with Crippen molar-refractivity contribution in [2.45, 2.75) is 26.3 Å². The molecule has 0 unspecified atom stereocenters. The number of pyridine rings is 1. The molecule has 0 amide bonds. The molecule has 124 valence electrons. The molecule has 0 bridgehead atoms. The number of rotatable bonds is 5. The Morgan fingerprint density at radius 1 is 1.22 bits per heavy atom. The highest BCUT2D eigenvalue weighted by Crippen LogP contribution is 2.28. The van der Waals surface area contributed by atoms with Crippen LogP contribution < -0.4 is 15.0 Å². The minimum Gasteiger partial charge on any atom is -0.496 e. The fraction of sp³-hybridized carbons (Fsp3) is 0.312. The Kier molecular flexibility index (Phi) is 4.98. The molecule has 0 aliphatic carbocycles. The predicted octanol–water partition coefficient (Wildman–Crippen LogP) is 3.31.